The summed E-state index contributed by atoms with van der Waals surface area (Å²) in [5, 5.41) is 9.03. The molecule has 0 heterocycles. The number of methoxy groups -OCH3 is 1. The Morgan fingerprint density at radius 3 is 2.56 bits per heavy atom. The third kappa shape index (κ3) is 3.53. The summed E-state index contributed by atoms with van der Waals surface area (Å²) in [6.45, 7) is 6.67. The van der Waals surface area contributed by atoms with Crippen molar-refractivity contribution in [1.82, 2.24) is 0 Å². The second-order valence-electron chi connectivity index (χ2n) is 5.13. The van der Waals surface area contributed by atoms with Gasteiger partial charge in [-0.15, -0.1) is 0 Å². The fourth-order valence-corrected chi connectivity index (χ4v) is 1.95. The van der Waals surface area contributed by atoms with Crippen molar-refractivity contribution >= 4 is 0 Å². The van der Waals surface area contributed by atoms with E-state index in [4.69, 9.17) is 9.84 Å². The maximum absolute atomic E-state index is 9.03. The Morgan fingerprint density at radius 2 is 2.00 bits per heavy atom. The normalized spacial score (nSPS) is 11.6. The molecule has 1 aromatic rings. The third-order valence-corrected chi connectivity index (χ3v) is 2.89. The molecule has 0 radical (unpaired) electrons. The van der Waals surface area contributed by atoms with Gasteiger partial charge in [0.2, 0.25) is 0 Å². The minimum atomic E-state index is 0.107. The highest BCUT2D eigenvalue weighted by Crippen LogP contribution is 2.30. The number of hydrogen-bond donors (Lipinski definition) is 1. The Morgan fingerprint density at radius 1 is 1.31 bits per heavy atom. The summed E-state index contributed by atoms with van der Waals surface area (Å²) >= 11 is 0. The Balaban J connectivity index is 2.90. The summed E-state index contributed by atoms with van der Waals surface area (Å²) in [6.07, 6.45) is 1.74. The van der Waals surface area contributed by atoms with Crippen molar-refractivity contribution in [2.75, 3.05) is 13.7 Å². The first-order valence-electron chi connectivity index (χ1n) is 5.73. The van der Waals surface area contributed by atoms with Crippen molar-refractivity contribution in [1.29, 1.82) is 0 Å². The van der Waals surface area contributed by atoms with Crippen LogP contribution in [0.2, 0.25) is 0 Å². The van der Waals surface area contributed by atoms with Crippen LogP contribution in [-0.2, 0) is 6.42 Å². The highest BCUT2D eigenvalue weighted by molar-refractivity contribution is 5.37. The van der Waals surface area contributed by atoms with Gasteiger partial charge in [-0.05, 0) is 36.8 Å². The van der Waals surface area contributed by atoms with E-state index in [0.717, 1.165) is 18.6 Å². The summed E-state index contributed by atoms with van der Waals surface area (Å²) in [5.41, 5.74) is 2.58. The number of rotatable bonds is 5. The number of benzene rings is 1. The SMILES string of the molecule is COc1ccc(C)cc1CC(C)(C)CCO. The molecule has 0 bridgehead atoms. The second kappa shape index (κ2) is 5.35. The Kier molecular flexibility index (Phi) is 4.36. The Labute approximate surface area is 98.3 Å². The van der Waals surface area contributed by atoms with Crippen molar-refractivity contribution in [2.45, 2.75) is 33.6 Å². The summed E-state index contributed by atoms with van der Waals surface area (Å²) in [6, 6.07) is 6.24. The number of ether oxygens (including phenoxy) is 1. The van der Waals surface area contributed by atoms with E-state index in [1.165, 1.54) is 11.1 Å². The van der Waals surface area contributed by atoms with Gasteiger partial charge in [-0.1, -0.05) is 31.5 Å². The fraction of sp³-hybridized carbons (Fsp3) is 0.571. The predicted molar refractivity (Wildman–Crippen MR) is 66.9 cm³/mol. The first-order chi connectivity index (χ1) is 7.48. The molecule has 1 rings (SSSR count). The van der Waals surface area contributed by atoms with Crippen LogP contribution in [0.25, 0.3) is 0 Å². The predicted octanol–water partition coefficient (Wildman–Crippen LogP) is 2.95. The third-order valence-electron chi connectivity index (χ3n) is 2.89. The molecule has 1 aromatic carbocycles. The van der Waals surface area contributed by atoms with Crippen molar-refractivity contribution in [3.63, 3.8) is 0 Å². The molecular weight excluding hydrogens is 200 g/mol. The lowest BCUT2D eigenvalue weighted by Gasteiger charge is -2.24. The largest absolute Gasteiger partial charge is 0.496 e. The van der Waals surface area contributed by atoms with Crippen molar-refractivity contribution in [3.05, 3.63) is 29.3 Å². The number of aliphatic hydroxyl groups excluding tert-OH is 1. The van der Waals surface area contributed by atoms with Gasteiger partial charge in [0.15, 0.2) is 0 Å². The monoisotopic (exact) mass is 222 g/mol. The van der Waals surface area contributed by atoms with Crippen LogP contribution in [0.3, 0.4) is 0 Å². The smallest absolute Gasteiger partial charge is 0.122 e. The second-order valence-corrected chi connectivity index (χ2v) is 5.13. The van der Waals surface area contributed by atoms with E-state index in [0.29, 0.717) is 0 Å². The molecule has 0 fully saturated rings. The summed E-state index contributed by atoms with van der Waals surface area (Å²) in [7, 11) is 1.70. The maximum Gasteiger partial charge on any atom is 0.122 e. The molecule has 0 aromatic heterocycles. The van der Waals surface area contributed by atoms with Crippen LogP contribution >= 0.6 is 0 Å². The number of hydrogen-bond acceptors (Lipinski definition) is 2. The van der Waals surface area contributed by atoms with E-state index in [2.05, 4.69) is 32.9 Å². The van der Waals surface area contributed by atoms with Gasteiger partial charge >= 0.3 is 0 Å². The van der Waals surface area contributed by atoms with Crippen LogP contribution in [0.1, 0.15) is 31.4 Å². The van der Waals surface area contributed by atoms with Gasteiger partial charge in [-0.2, -0.15) is 0 Å². The van der Waals surface area contributed by atoms with Crippen molar-refractivity contribution < 1.29 is 9.84 Å². The zero-order chi connectivity index (χ0) is 12.2. The zero-order valence-electron chi connectivity index (χ0n) is 10.7. The first kappa shape index (κ1) is 13.0. The average Bonchev–Trinajstić information content (AvgIpc) is 2.17. The van der Waals surface area contributed by atoms with E-state index in [-0.39, 0.29) is 12.0 Å². The first-order valence-corrected chi connectivity index (χ1v) is 5.73. The Hall–Kier alpha value is -1.02. The summed E-state index contributed by atoms with van der Waals surface area (Å²) in [5.74, 6) is 0.941. The fourth-order valence-electron chi connectivity index (χ4n) is 1.95. The molecule has 1 N–H and O–H groups in total. The summed E-state index contributed by atoms with van der Waals surface area (Å²) in [4.78, 5) is 0. The lowest BCUT2D eigenvalue weighted by atomic mass is 9.82. The molecule has 2 heteroatoms. The molecule has 0 aliphatic carbocycles. The maximum atomic E-state index is 9.03. The van der Waals surface area contributed by atoms with Crippen molar-refractivity contribution in [2.24, 2.45) is 5.41 Å². The lowest BCUT2D eigenvalue weighted by molar-refractivity contribution is 0.209. The lowest BCUT2D eigenvalue weighted by Crippen LogP contribution is -2.17. The van der Waals surface area contributed by atoms with Gasteiger partial charge in [0.25, 0.3) is 0 Å². The highest BCUT2D eigenvalue weighted by Gasteiger charge is 2.19. The van der Waals surface area contributed by atoms with E-state index < -0.39 is 0 Å². The average molecular weight is 222 g/mol. The van der Waals surface area contributed by atoms with E-state index >= 15 is 0 Å². The molecular formula is C14H22O2. The molecule has 90 valence electrons. The molecule has 0 saturated heterocycles. The van der Waals surface area contributed by atoms with Gasteiger partial charge in [0, 0.05) is 6.61 Å². The van der Waals surface area contributed by atoms with Gasteiger partial charge in [-0.25, -0.2) is 0 Å². The molecule has 2 nitrogen and oxygen atoms in total. The van der Waals surface area contributed by atoms with Crippen molar-refractivity contribution in [3.8, 4) is 5.75 Å². The zero-order valence-corrected chi connectivity index (χ0v) is 10.7. The van der Waals surface area contributed by atoms with E-state index in [9.17, 15) is 0 Å². The van der Waals surface area contributed by atoms with Crippen LogP contribution in [-0.4, -0.2) is 18.8 Å². The van der Waals surface area contributed by atoms with Crippen LogP contribution < -0.4 is 4.74 Å². The topological polar surface area (TPSA) is 29.5 Å². The molecule has 16 heavy (non-hydrogen) atoms. The van der Waals surface area contributed by atoms with Crippen LogP contribution in [0.4, 0.5) is 0 Å². The van der Waals surface area contributed by atoms with Crippen LogP contribution in [0.15, 0.2) is 18.2 Å². The Bertz CT molecular complexity index is 343. The van der Waals surface area contributed by atoms with Gasteiger partial charge in [-0.3, -0.25) is 0 Å². The van der Waals surface area contributed by atoms with Crippen LogP contribution in [0.5, 0.6) is 5.75 Å². The molecule has 0 spiro atoms. The standard InChI is InChI=1S/C14H22O2/c1-11-5-6-13(16-4)12(9-11)10-14(2,3)7-8-15/h5-6,9,15H,7-8,10H2,1-4H3. The summed E-state index contributed by atoms with van der Waals surface area (Å²) < 4.78 is 5.36. The van der Waals surface area contributed by atoms with Gasteiger partial charge in [0.05, 0.1) is 7.11 Å². The molecule has 0 aliphatic heterocycles. The molecule has 0 aliphatic rings. The van der Waals surface area contributed by atoms with Gasteiger partial charge in [0.1, 0.15) is 5.75 Å². The molecule has 0 amide bonds. The van der Waals surface area contributed by atoms with Gasteiger partial charge < -0.3 is 9.84 Å². The quantitative estimate of drug-likeness (QED) is 0.830. The molecule has 0 atom stereocenters. The van der Waals surface area contributed by atoms with E-state index in [1.54, 1.807) is 7.11 Å². The van der Waals surface area contributed by atoms with E-state index in [1.807, 2.05) is 6.07 Å². The van der Waals surface area contributed by atoms with Crippen LogP contribution in [0, 0.1) is 12.3 Å². The molecule has 0 unspecified atom stereocenters. The highest BCUT2D eigenvalue weighted by atomic mass is 16.5. The number of aliphatic hydroxyl groups is 1. The minimum Gasteiger partial charge on any atom is -0.496 e. The molecule has 0 saturated carbocycles. The minimum absolute atomic E-state index is 0.107. The number of aryl methyl sites for hydroxylation is 1.